The molecule has 1 aliphatic rings. The van der Waals surface area contributed by atoms with Gasteiger partial charge in [-0.25, -0.2) is 14.5 Å². The van der Waals surface area contributed by atoms with Crippen molar-refractivity contribution in [3.63, 3.8) is 0 Å². The number of nitrogens with two attached hydrogens (primary N) is 1. The topological polar surface area (TPSA) is 151 Å². The summed E-state index contributed by atoms with van der Waals surface area (Å²) in [7, 11) is 1.65. The quantitative estimate of drug-likeness (QED) is 0.196. The van der Waals surface area contributed by atoms with Crippen LogP contribution in [0.1, 0.15) is 44.3 Å². The molecule has 0 bridgehead atoms. The molecule has 1 amide bonds. The van der Waals surface area contributed by atoms with Crippen LogP contribution in [0.25, 0.3) is 27.8 Å². The molecule has 1 aromatic carbocycles. The number of amides is 1. The zero-order chi connectivity index (χ0) is 28.6. The maximum absolute atomic E-state index is 12.8. The van der Waals surface area contributed by atoms with E-state index >= 15 is 0 Å². The molecule has 220 valence electrons. The third-order valence-electron chi connectivity index (χ3n) is 7.54. The molecule has 0 atom stereocenters. The molecule has 0 saturated heterocycles. The van der Waals surface area contributed by atoms with Gasteiger partial charge >= 0.3 is 0 Å². The molecule has 1 fully saturated rings. The lowest BCUT2D eigenvalue weighted by Gasteiger charge is -2.26. The molecular weight excluding hydrogens is 526 g/mol. The third kappa shape index (κ3) is 6.61. The fourth-order valence-electron chi connectivity index (χ4n) is 5.44. The van der Waals surface area contributed by atoms with Gasteiger partial charge in [0.1, 0.15) is 29.1 Å². The zero-order valence-electron chi connectivity index (χ0n) is 23.7. The third-order valence-corrected chi connectivity index (χ3v) is 7.54. The maximum Gasteiger partial charge on any atom is 0.223 e. The monoisotopic (exact) mass is 565 g/mol. The minimum atomic E-state index is -0.0280. The van der Waals surface area contributed by atoms with Crippen LogP contribution in [0.2, 0.25) is 0 Å². The van der Waals surface area contributed by atoms with Crippen LogP contribution in [0, 0.1) is 5.92 Å². The van der Waals surface area contributed by atoms with Crippen LogP contribution < -0.4 is 15.8 Å². The average Bonchev–Trinajstić information content (AvgIpc) is 3.61. The van der Waals surface area contributed by atoms with Crippen molar-refractivity contribution < 1.29 is 23.7 Å². The maximum atomic E-state index is 12.8. The summed E-state index contributed by atoms with van der Waals surface area (Å²) in [5.74, 6) is 2.16. The number of nitrogens with one attached hydrogen (secondary N) is 2. The Morgan fingerprint density at radius 3 is 2.61 bits per heavy atom. The molecule has 12 heteroatoms. The molecule has 0 aliphatic heterocycles. The van der Waals surface area contributed by atoms with Crippen molar-refractivity contribution in [1.82, 2.24) is 29.9 Å². The van der Waals surface area contributed by atoms with Crippen LogP contribution in [0.4, 0.5) is 5.82 Å². The molecule has 5 rings (SSSR count). The predicted molar refractivity (Wildman–Crippen MR) is 155 cm³/mol. The second kappa shape index (κ2) is 13.7. The van der Waals surface area contributed by atoms with E-state index < -0.39 is 0 Å². The van der Waals surface area contributed by atoms with Gasteiger partial charge in [-0.3, -0.25) is 4.79 Å². The summed E-state index contributed by atoms with van der Waals surface area (Å²) in [6.45, 7) is 5.75. The molecule has 0 unspecified atom stereocenters. The summed E-state index contributed by atoms with van der Waals surface area (Å²) < 4.78 is 23.5. The molecule has 3 aromatic heterocycles. The number of fused-ring (bicyclic) bond motifs is 2. The predicted octanol–water partition coefficient (Wildman–Crippen LogP) is 3.32. The number of hydrogen-bond donors (Lipinski definition) is 3. The van der Waals surface area contributed by atoms with Gasteiger partial charge in [-0.05, 0) is 44.7 Å². The number of rotatable bonds is 14. The summed E-state index contributed by atoms with van der Waals surface area (Å²) in [5, 5.41) is 8.54. The molecule has 0 spiro atoms. The van der Waals surface area contributed by atoms with Gasteiger partial charge in [0.05, 0.1) is 51.4 Å². The van der Waals surface area contributed by atoms with E-state index in [-0.39, 0.29) is 17.7 Å². The second-order valence-corrected chi connectivity index (χ2v) is 10.1. The molecule has 1 aliphatic carbocycles. The van der Waals surface area contributed by atoms with Crippen LogP contribution in [0.5, 0.6) is 5.75 Å². The van der Waals surface area contributed by atoms with E-state index in [9.17, 15) is 4.79 Å². The Labute approximate surface area is 238 Å². The summed E-state index contributed by atoms with van der Waals surface area (Å²) in [6.07, 6.45) is 4.67. The highest BCUT2D eigenvalue weighted by atomic mass is 16.5. The Morgan fingerprint density at radius 1 is 1.10 bits per heavy atom. The number of carbonyl (C=O) groups excluding carboxylic acids is 1. The van der Waals surface area contributed by atoms with E-state index in [2.05, 4.69) is 20.4 Å². The first-order valence-electron chi connectivity index (χ1n) is 14.3. The number of aromatic amines is 1. The SMILES string of the molecule is CCOCCOCCOCCNC(=O)[C@H]1CC[C@H](c2nc(-c3cc4cccc(OC)c4[nH]3)c3c(N)ncnn32)CC1. The van der Waals surface area contributed by atoms with Crippen molar-refractivity contribution >= 4 is 28.1 Å². The fourth-order valence-corrected chi connectivity index (χ4v) is 5.44. The number of aromatic nitrogens is 5. The minimum absolute atomic E-state index is 0.0280. The lowest BCUT2D eigenvalue weighted by atomic mass is 9.81. The number of H-pyrrole nitrogens is 1. The number of benzene rings is 1. The highest BCUT2D eigenvalue weighted by Gasteiger charge is 2.31. The Morgan fingerprint density at radius 2 is 1.85 bits per heavy atom. The smallest absolute Gasteiger partial charge is 0.223 e. The van der Waals surface area contributed by atoms with Gasteiger partial charge < -0.3 is 35.0 Å². The molecule has 3 heterocycles. The number of carbonyl (C=O) groups is 1. The Kier molecular flexibility index (Phi) is 9.65. The average molecular weight is 566 g/mol. The van der Waals surface area contributed by atoms with Gasteiger partial charge in [0.15, 0.2) is 5.82 Å². The summed E-state index contributed by atoms with van der Waals surface area (Å²) in [5.41, 5.74) is 9.43. The highest BCUT2D eigenvalue weighted by molar-refractivity contribution is 5.93. The Hall–Kier alpha value is -3.74. The van der Waals surface area contributed by atoms with E-state index in [1.54, 1.807) is 7.11 Å². The number of methoxy groups -OCH3 is 1. The number of nitrogens with zero attached hydrogens (tertiary/aromatic N) is 4. The van der Waals surface area contributed by atoms with E-state index in [1.165, 1.54) is 6.33 Å². The van der Waals surface area contributed by atoms with Crippen LogP contribution >= 0.6 is 0 Å². The van der Waals surface area contributed by atoms with Gasteiger partial charge in [-0.1, -0.05) is 12.1 Å². The molecule has 41 heavy (non-hydrogen) atoms. The van der Waals surface area contributed by atoms with Crippen LogP contribution in [-0.2, 0) is 19.0 Å². The van der Waals surface area contributed by atoms with Gasteiger partial charge in [0, 0.05) is 30.4 Å². The molecule has 1 saturated carbocycles. The molecule has 12 nitrogen and oxygen atoms in total. The normalized spacial score (nSPS) is 17.3. The summed E-state index contributed by atoms with van der Waals surface area (Å²) >= 11 is 0. The first-order chi connectivity index (χ1) is 20.1. The number of para-hydroxylation sites is 1. The van der Waals surface area contributed by atoms with E-state index in [1.807, 2.05) is 35.7 Å². The largest absolute Gasteiger partial charge is 0.495 e. The zero-order valence-corrected chi connectivity index (χ0v) is 23.7. The lowest BCUT2D eigenvalue weighted by Crippen LogP contribution is -2.35. The van der Waals surface area contributed by atoms with Crippen molar-refractivity contribution in [2.75, 3.05) is 59.0 Å². The van der Waals surface area contributed by atoms with Crippen LogP contribution in [0.15, 0.2) is 30.6 Å². The van der Waals surface area contributed by atoms with Gasteiger partial charge in [-0.15, -0.1) is 0 Å². The fraction of sp³-hybridized carbons (Fsp3) is 0.517. The Bertz CT molecular complexity index is 1440. The van der Waals surface area contributed by atoms with Crippen molar-refractivity contribution in [3.8, 4) is 17.1 Å². The summed E-state index contributed by atoms with van der Waals surface area (Å²) in [6, 6.07) is 7.93. The van der Waals surface area contributed by atoms with Crippen LogP contribution in [-0.4, -0.2) is 83.8 Å². The number of ether oxygens (including phenoxy) is 4. The van der Waals surface area contributed by atoms with Crippen molar-refractivity contribution in [2.45, 2.75) is 38.5 Å². The van der Waals surface area contributed by atoms with Crippen molar-refractivity contribution in [3.05, 3.63) is 36.4 Å². The highest BCUT2D eigenvalue weighted by Crippen LogP contribution is 2.39. The van der Waals surface area contributed by atoms with Crippen molar-refractivity contribution in [2.24, 2.45) is 5.92 Å². The van der Waals surface area contributed by atoms with Gasteiger partial charge in [-0.2, -0.15) is 5.10 Å². The standard InChI is InChI=1S/C29H39N7O5/c1-3-39-13-14-41-16-15-40-12-11-31-29(37)20-9-7-19(8-10-20)28-35-25(26-27(30)32-18-33-36(26)28)22-17-21-5-4-6-23(38-2)24(21)34-22/h4-6,17-20,34H,3,7-16H2,1-2H3,(H,31,37)(H2,30,32,33)/t19-,20-. The molecule has 0 radical (unpaired) electrons. The van der Waals surface area contributed by atoms with Gasteiger partial charge in [0.2, 0.25) is 5.91 Å². The van der Waals surface area contributed by atoms with Crippen molar-refractivity contribution in [1.29, 1.82) is 0 Å². The first-order valence-corrected chi connectivity index (χ1v) is 14.3. The molecule has 4 N–H and O–H groups in total. The Balaban J connectivity index is 1.18. The lowest BCUT2D eigenvalue weighted by molar-refractivity contribution is -0.126. The van der Waals surface area contributed by atoms with Gasteiger partial charge in [0.25, 0.3) is 0 Å². The number of imidazole rings is 1. The molecule has 4 aromatic rings. The number of anilines is 1. The first kappa shape index (κ1) is 28.8. The van der Waals surface area contributed by atoms with Crippen LogP contribution in [0.3, 0.4) is 0 Å². The van der Waals surface area contributed by atoms with E-state index in [0.717, 1.165) is 53.9 Å². The molecular formula is C29H39N7O5. The number of nitrogen functional groups attached to an aromatic ring is 1. The summed E-state index contributed by atoms with van der Waals surface area (Å²) in [4.78, 5) is 25.5. The second-order valence-electron chi connectivity index (χ2n) is 10.1. The minimum Gasteiger partial charge on any atom is -0.495 e. The van der Waals surface area contributed by atoms with E-state index in [0.29, 0.717) is 63.2 Å². The number of hydrogen-bond acceptors (Lipinski definition) is 9. The van der Waals surface area contributed by atoms with E-state index in [4.69, 9.17) is 29.7 Å².